The van der Waals surface area contributed by atoms with Crippen LogP contribution in [0.5, 0.6) is 0 Å². The zero-order valence-corrected chi connectivity index (χ0v) is 7.33. The Balaban J connectivity index is 2.32. The molecule has 0 fully saturated rings. The van der Waals surface area contributed by atoms with Crippen molar-refractivity contribution < 1.29 is 17.7 Å². The van der Waals surface area contributed by atoms with Crippen LogP contribution in [0.3, 0.4) is 0 Å². The van der Waals surface area contributed by atoms with Gasteiger partial charge in [0, 0.05) is 12.7 Å². The predicted octanol–water partition coefficient (Wildman–Crippen LogP) is -0.322. The van der Waals surface area contributed by atoms with Gasteiger partial charge in [-0.1, -0.05) is 0 Å². The molecule has 12 heavy (non-hydrogen) atoms. The third-order valence-corrected chi connectivity index (χ3v) is 2.20. The van der Waals surface area contributed by atoms with Crippen LogP contribution in [0.2, 0.25) is 0 Å². The van der Waals surface area contributed by atoms with E-state index < -0.39 is 10.1 Å². The van der Waals surface area contributed by atoms with E-state index in [9.17, 15) is 8.42 Å². The average molecular weight is 193 g/mol. The molecule has 6 heteroatoms. The van der Waals surface area contributed by atoms with Gasteiger partial charge in [0.1, 0.15) is 6.61 Å². The molecule has 0 bridgehead atoms. The molecule has 5 nitrogen and oxygen atoms in total. The largest absolute Gasteiger partial charge is 0.498 e. The van der Waals surface area contributed by atoms with E-state index in [1.165, 1.54) is 6.26 Å². The molecule has 0 aromatic rings. The molecular formula is C6H11NO4S. The molecule has 0 spiro atoms. The van der Waals surface area contributed by atoms with Gasteiger partial charge in [0.25, 0.3) is 10.1 Å². The van der Waals surface area contributed by atoms with Gasteiger partial charge in [0.15, 0.2) is 0 Å². The van der Waals surface area contributed by atoms with Crippen LogP contribution in [0.25, 0.3) is 0 Å². The first-order chi connectivity index (χ1) is 5.58. The average Bonchev–Trinajstić information content (AvgIpc) is 2.02. The Morgan fingerprint density at radius 1 is 1.58 bits per heavy atom. The fraction of sp³-hybridized carbons (Fsp3) is 0.667. The summed E-state index contributed by atoms with van der Waals surface area (Å²) in [6.45, 7) is 1.52. The van der Waals surface area contributed by atoms with Crippen LogP contribution in [0.4, 0.5) is 0 Å². The summed E-state index contributed by atoms with van der Waals surface area (Å²) in [6, 6.07) is 0. The van der Waals surface area contributed by atoms with Gasteiger partial charge in [-0.05, 0) is 0 Å². The quantitative estimate of drug-likeness (QED) is 0.622. The molecule has 0 amide bonds. The van der Waals surface area contributed by atoms with Gasteiger partial charge in [-0.25, -0.2) is 0 Å². The van der Waals surface area contributed by atoms with Crippen molar-refractivity contribution in [3.63, 3.8) is 0 Å². The lowest BCUT2D eigenvalue weighted by Gasteiger charge is -2.22. The maximum absolute atomic E-state index is 10.3. The minimum atomic E-state index is -3.84. The van der Waals surface area contributed by atoms with Crippen LogP contribution in [0.15, 0.2) is 12.5 Å². The maximum atomic E-state index is 10.3. The van der Waals surface area contributed by atoms with Gasteiger partial charge in [-0.3, -0.25) is 4.55 Å². The fourth-order valence-electron chi connectivity index (χ4n) is 0.861. The summed E-state index contributed by atoms with van der Waals surface area (Å²) in [5.74, 6) is -0.239. The molecule has 1 heterocycles. The fourth-order valence-corrected chi connectivity index (χ4v) is 1.33. The van der Waals surface area contributed by atoms with Crippen molar-refractivity contribution in [1.29, 1.82) is 0 Å². The standard InChI is InChI=1S/C6H11NO4S/c8-12(9,10)6-3-7-1-4-11-5-2-7/h1,4H,2-3,5-6H2,(H,8,9,10). The summed E-state index contributed by atoms with van der Waals surface area (Å²) in [4.78, 5) is 1.78. The van der Waals surface area contributed by atoms with Crippen LogP contribution < -0.4 is 0 Å². The number of hydrogen-bond donors (Lipinski definition) is 1. The van der Waals surface area contributed by atoms with Crippen molar-refractivity contribution in [1.82, 2.24) is 4.90 Å². The van der Waals surface area contributed by atoms with E-state index in [0.29, 0.717) is 19.7 Å². The highest BCUT2D eigenvalue weighted by Crippen LogP contribution is 1.98. The van der Waals surface area contributed by atoms with E-state index in [0.717, 1.165) is 0 Å². The second kappa shape index (κ2) is 3.77. The van der Waals surface area contributed by atoms with Gasteiger partial charge >= 0.3 is 0 Å². The van der Waals surface area contributed by atoms with Crippen LogP contribution in [-0.4, -0.2) is 43.3 Å². The van der Waals surface area contributed by atoms with E-state index in [2.05, 4.69) is 0 Å². The molecule has 0 atom stereocenters. The van der Waals surface area contributed by atoms with Crippen molar-refractivity contribution in [2.75, 3.05) is 25.4 Å². The highest BCUT2D eigenvalue weighted by atomic mass is 32.2. The summed E-state index contributed by atoms with van der Waals surface area (Å²) < 4.78 is 34.0. The van der Waals surface area contributed by atoms with Gasteiger partial charge in [-0.2, -0.15) is 8.42 Å². The normalized spacial score (nSPS) is 17.6. The lowest BCUT2D eigenvalue weighted by atomic mass is 10.5. The summed E-state index contributed by atoms with van der Waals surface area (Å²) >= 11 is 0. The second-order valence-corrected chi connectivity index (χ2v) is 4.05. The Bertz CT molecular complexity index is 259. The smallest absolute Gasteiger partial charge is 0.266 e. The third-order valence-electron chi connectivity index (χ3n) is 1.50. The Hall–Kier alpha value is -0.750. The molecular weight excluding hydrogens is 182 g/mol. The monoisotopic (exact) mass is 193 g/mol. The Kier molecular flexibility index (Phi) is 2.93. The molecule has 0 aliphatic carbocycles. The second-order valence-electron chi connectivity index (χ2n) is 2.48. The van der Waals surface area contributed by atoms with E-state index >= 15 is 0 Å². The Morgan fingerprint density at radius 2 is 2.33 bits per heavy atom. The maximum Gasteiger partial charge on any atom is 0.266 e. The van der Waals surface area contributed by atoms with Crippen LogP contribution in [-0.2, 0) is 14.9 Å². The van der Waals surface area contributed by atoms with E-state index in [-0.39, 0.29) is 5.75 Å². The highest BCUT2D eigenvalue weighted by Gasteiger charge is 2.09. The summed E-state index contributed by atoms with van der Waals surface area (Å²) in [6.07, 6.45) is 3.17. The lowest BCUT2D eigenvalue weighted by molar-refractivity contribution is 0.176. The molecule has 70 valence electrons. The van der Waals surface area contributed by atoms with Gasteiger partial charge in [-0.15, -0.1) is 0 Å². The molecule has 0 saturated carbocycles. The first-order valence-corrected chi connectivity index (χ1v) is 5.16. The van der Waals surface area contributed by atoms with Gasteiger partial charge < -0.3 is 9.64 Å². The van der Waals surface area contributed by atoms with Crippen LogP contribution in [0.1, 0.15) is 0 Å². The number of rotatable bonds is 3. The minimum absolute atomic E-state index is 0.239. The zero-order chi connectivity index (χ0) is 9.03. The Labute approximate surface area is 71.4 Å². The third kappa shape index (κ3) is 3.59. The van der Waals surface area contributed by atoms with Gasteiger partial charge in [0.05, 0.1) is 18.6 Å². The van der Waals surface area contributed by atoms with Crippen molar-refractivity contribution >= 4 is 10.1 Å². The predicted molar refractivity (Wildman–Crippen MR) is 43.1 cm³/mol. The number of ether oxygens (including phenoxy) is 1. The van der Waals surface area contributed by atoms with Crippen molar-refractivity contribution in [2.45, 2.75) is 0 Å². The molecule has 0 aromatic heterocycles. The minimum Gasteiger partial charge on any atom is -0.498 e. The molecule has 0 aromatic carbocycles. The lowest BCUT2D eigenvalue weighted by Crippen LogP contribution is -2.29. The Morgan fingerprint density at radius 3 is 2.83 bits per heavy atom. The van der Waals surface area contributed by atoms with Crippen molar-refractivity contribution in [3.8, 4) is 0 Å². The van der Waals surface area contributed by atoms with Crippen LogP contribution in [0, 0.1) is 0 Å². The van der Waals surface area contributed by atoms with Crippen LogP contribution >= 0.6 is 0 Å². The van der Waals surface area contributed by atoms with Crippen molar-refractivity contribution in [2.24, 2.45) is 0 Å². The number of nitrogens with zero attached hydrogens (tertiary/aromatic N) is 1. The summed E-state index contributed by atoms with van der Waals surface area (Å²) in [5.41, 5.74) is 0. The molecule has 1 aliphatic rings. The molecule has 0 radical (unpaired) electrons. The zero-order valence-electron chi connectivity index (χ0n) is 6.51. The highest BCUT2D eigenvalue weighted by molar-refractivity contribution is 7.85. The summed E-state index contributed by atoms with van der Waals surface area (Å²) in [7, 11) is -3.84. The van der Waals surface area contributed by atoms with Gasteiger partial charge in [0.2, 0.25) is 0 Å². The summed E-state index contributed by atoms with van der Waals surface area (Å²) in [5, 5.41) is 0. The van der Waals surface area contributed by atoms with E-state index in [4.69, 9.17) is 9.29 Å². The molecule has 1 rings (SSSR count). The topological polar surface area (TPSA) is 66.8 Å². The van der Waals surface area contributed by atoms with E-state index in [1.807, 2.05) is 0 Å². The first kappa shape index (κ1) is 9.34. The molecule has 1 aliphatic heterocycles. The molecule has 0 saturated heterocycles. The first-order valence-electron chi connectivity index (χ1n) is 3.55. The van der Waals surface area contributed by atoms with E-state index in [1.54, 1.807) is 11.1 Å². The molecule has 0 unspecified atom stereocenters. The van der Waals surface area contributed by atoms with Crippen molar-refractivity contribution in [3.05, 3.63) is 12.5 Å². The number of hydrogen-bond acceptors (Lipinski definition) is 4. The SMILES string of the molecule is O=S(=O)(O)CCN1C=COCC1. The molecule has 1 N–H and O–H groups in total.